The van der Waals surface area contributed by atoms with Crippen LogP contribution in [0, 0.1) is 0 Å². The lowest BCUT2D eigenvalue weighted by Gasteiger charge is -2.05. The average Bonchev–Trinajstić information content (AvgIpc) is 2.75. The molecule has 2 aromatic heterocycles. The van der Waals surface area contributed by atoms with Crippen molar-refractivity contribution in [2.24, 2.45) is 0 Å². The molecule has 2 heterocycles. The van der Waals surface area contributed by atoms with Gasteiger partial charge in [-0.15, -0.1) is 0 Å². The molecule has 0 aliphatic rings. The van der Waals surface area contributed by atoms with Gasteiger partial charge in [-0.05, 0) is 24.3 Å². The predicted molar refractivity (Wildman–Crippen MR) is 67.7 cm³/mol. The lowest BCUT2D eigenvalue weighted by molar-refractivity contribution is 0.440. The number of rotatable bonds is 5. The molecule has 0 radical (unpaired) electrons. The second-order valence-electron chi connectivity index (χ2n) is 4.40. The van der Waals surface area contributed by atoms with Gasteiger partial charge in [0.2, 0.25) is 0 Å². The maximum absolute atomic E-state index is 5.74. The number of hydrogen-bond donors (Lipinski definition) is 1. The van der Waals surface area contributed by atoms with Crippen molar-refractivity contribution in [3.8, 4) is 0 Å². The van der Waals surface area contributed by atoms with Gasteiger partial charge in [0.1, 0.15) is 11.5 Å². The molecule has 0 bridgehead atoms. The van der Waals surface area contributed by atoms with Crippen LogP contribution in [0.25, 0.3) is 0 Å². The van der Waals surface area contributed by atoms with Crippen LogP contribution >= 0.6 is 0 Å². The summed E-state index contributed by atoms with van der Waals surface area (Å²) in [5.41, 5.74) is 1.03. The first-order valence-corrected chi connectivity index (χ1v) is 5.95. The number of aromatic nitrogens is 1. The van der Waals surface area contributed by atoms with Crippen LogP contribution in [-0.4, -0.2) is 11.0 Å². The van der Waals surface area contributed by atoms with Gasteiger partial charge < -0.3 is 9.73 Å². The fourth-order valence-electron chi connectivity index (χ4n) is 1.60. The maximum Gasteiger partial charge on any atom is 0.117 e. The van der Waals surface area contributed by atoms with E-state index < -0.39 is 0 Å². The molecule has 0 amide bonds. The average molecular weight is 230 g/mol. The number of pyridine rings is 1. The van der Waals surface area contributed by atoms with Crippen molar-refractivity contribution in [1.82, 2.24) is 10.3 Å². The standard InChI is InChI=1S/C14H18N2O/c1-11(2)16-10-14-7-6-13(17-14)9-12-5-3-4-8-15-12/h3-8,11,16H,9-10H2,1-2H3. The van der Waals surface area contributed by atoms with Crippen LogP contribution < -0.4 is 5.32 Å². The van der Waals surface area contributed by atoms with E-state index in [-0.39, 0.29) is 0 Å². The Morgan fingerprint density at radius 1 is 1.18 bits per heavy atom. The molecule has 0 fully saturated rings. The second kappa shape index (κ2) is 5.64. The van der Waals surface area contributed by atoms with Gasteiger partial charge in [-0.3, -0.25) is 4.98 Å². The molecule has 17 heavy (non-hydrogen) atoms. The molecule has 0 unspecified atom stereocenters. The monoisotopic (exact) mass is 230 g/mol. The lowest BCUT2D eigenvalue weighted by Crippen LogP contribution is -2.21. The van der Waals surface area contributed by atoms with E-state index in [1.54, 1.807) is 6.20 Å². The zero-order chi connectivity index (χ0) is 12.1. The summed E-state index contributed by atoms with van der Waals surface area (Å²) in [6.07, 6.45) is 2.56. The third-order valence-corrected chi connectivity index (χ3v) is 2.48. The molecule has 0 aliphatic carbocycles. The van der Waals surface area contributed by atoms with Crippen molar-refractivity contribution >= 4 is 0 Å². The van der Waals surface area contributed by atoms with Gasteiger partial charge >= 0.3 is 0 Å². The molecule has 1 N–H and O–H groups in total. The molecule has 0 saturated carbocycles. The molecule has 0 aromatic carbocycles. The highest BCUT2D eigenvalue weighted by Gasteiger charge is 2.04. The third kappa shape index (κ3) is 3.71. The number of nitrogens with one attached hydrogen (secondary N) is 1. The first kappa shape index (κ1) is 11.9. The molecule has 0 atom stereocenters. The van der Waals surface area contributed by atoms with Crippen molar-refractivity contribution in [3.05, 3.63) is 53.7 Å². The highest BCUT2D eigenvalue weighted by atomic mass is 16.3. The zero-order valence-electron chi connectivity index (χ0n) is 10.3. The van der Waals surface area contributed by atoms with Crippen LogP contribution in [0.3, 0.4) is 0 Å². The molecular formula is C14H18N2O. The normalized spacial score (nSPS) is 11.0. The zero-order valence-corrected chi connectivity index (χ0v) is 10.3. The van der Waals surface area contributed by atoms with E-state index in [2.05, 4.69) is 24.1 Å². The van der Waals surface area contributed by atoms with Crippen molar-refractivity contribution in [2.45, 2.75) is 32.9 Å². The van der Waals surface area contributed by atoms with E-state index in [1.807, 2.05) is 30.3 Å². The fraction of sp³-hybridized carbons (Fsp3) is 0.357. The van der Waals surface area contributed by atoms with Crippen molar-refractivity contribution in [3.63, 3.8) is 0 Å². The Kier molecular flexibility index (Phi) is 3.94. The Hall–Kier alpha value is -1.61. The first-order chi connectivity index (χ1) is 8.24. The van der Waals surface area contributed by atoms with Crippen LogP contribution in [-0.2, 0) is 13.0 Å². The van der Waals surface area contributed by atoms with E-state index in [0.717, 1.165) is 30.2 Å². The van der Waals surface area contributed by atoms with Gasteiger partial charge in [-0.1, -0.05) is 19.9 Å². The van der Waals surface area contributed by atoms with Gasteiger partial charge in [-0.2, -0.15) is 0 Å². The molecule has 3 heteroatoms. The van der Waals surface area contributed by atoms with Crippen molar-refractivity contribution in [2.75, 3.05) is 0 Å². The maximum atomic E-state index is 5.74. The SMILES string of the molecule is CC(C)NCc1ccc(Cc2ccccn2)o1. The van der Waals surface area contributed by atoms with E-state index in [9.17, 15) is 0 Å². The van der Waals surface area contributed by atoms with Crippen LogP contribution in [0.2, 0.25) is 0 Å². The molecule has 0 aliphatic heterocycles. The highest BCUT2D eigenvalue weighted by Crippen LogP contribution is 2.11. The molecule has 0 saturated heterocycles. The van der Waals surface area contributed by atoms with E-state index >= 15 is 0 Å². The van der Waals surface area contributed by atoms with Crippen LogP contribution in [0.5, 0.6) is 0 Å². The number of nitrogens with zero attached hydrogens (tertiary/aromatic N) is 1. The van der Waals surface area contributed by atoms with Gasteiger partial charge in [0.15, 0.2) is 0 Å². The van der Waals surface area contributed by atoms with Gasteiger partial charge in [0, 0.05) is 24.4 Å². The number of furan rings is 1. The van der Waals surface area contributed by atoms with Crippen LogP contribution in [0.15, 0.2) is 40.9 Å². The largest absolute Gasteiger partial charge is 0.464 e. The summed E-state index contributed by atoms with van der Waals surface area (Å²) in [5, 5.41) is 3.33. The predicted octanol–water partition coefficient (Wildman–Crippen LogP) is 2.76. The summed E-state index contributed by atoms with van der Waals surface area (Å²) < 4.78 is 5.74. The van der Waals surface area contributed by atoms with Crippen molar-refractivity contribution < 1.29 is 4.42 Å². The molecule has 90 valence electrons. The summed E-state index contributed by atoms with van der Waals surface area (Å²) in [7, 11) is 0. The molecule has 2 rings (SSSR count). The minimum absolute atomic E-state index is 0.472. The topological polar surface area (TPSA) is 38.1 Å². The second-order valence-corrected chi connectivity index (χ2v) is 4.40. The smallest absolute Gasteiger partial charge is 0.117 e. The van der Waals surface area contributed by atoms with E-state index in [4.69, 9.17) is 4.42 Å². The Labute approximate surface area is 102 Å². The Morgan fingerprint density at radius 3 is 2.71 bits per heavy atom. The highest BCUT2D eigenvalue weighted by molar-refractivity contribution is 5.15. The first-order valence-electron chi connectivity index (χ1n) is 5.95. The summed E-state index contributed by atoms with van der Waals surface area (Å²) >= 11 is 0. The molecule has 2 aromatic rings. The molecular weight excluding hydrogens is 212 g/mol. The summed E-state index contributed by atoms with van der Waals surface area (Å²) in [5.74, 6) is 1.94. The van der Waals surface area contributed by atoms with E-state index in [0.29, 0.717) is 6.04 Å². The molecule has 3 nitrogen and oxygen atoms in total. The van der Waals surface area contributed by atoms with E-state index in [1.165, 1.54) is 0 Å². The molecule has 0 spiro atoms. The number of hydrogen-bond acceptors (Lipinski definition) is 3. The quantitative estimate of drug-likeness (QED) is 0.858. The summed E-state index contributed by atoms with van der Waals surface area (Å²) in [6, 6.07) is 10.4. The third-order valence-electron chi connectivity index (χ3n) is 2.48. The lowest BCUT2D eigenvalue weighted by atomic mass is 10.2. The van der Waals surface area contributed by atoms with Gasteiger partial charge in [0.25, 0.3) is 0 Å². The Morgan fingerprint density at radius 2 is 2.00 bits per heavy atom. The minimum atomic E-state index is 0.472. The Balaban J connectivity index is 1.94. The summed E-state index contributed by atoms with van der Waals surface area (Å²) in [6.45, 7) is 5.02. The Bertz CT molecular complexity index is 448. The van der Waals surface area contributed by atoms with Crippen LogP contribution in [0.4, 0.5) is 0 Å². The van der Waals surface area contributed by atoms with Crippen LogP contribution in [0.1, 0.15) is 31.1 Å². The summed E-state index contributed by atoms with van der Waals surface area (Å²) in [4.78, 5) is 4.28. The fourth-order valence-corrected chi connectivity index (χ4v) is 1.60. The van der Waals surface area contributed by atoms with Gasteiger partial charge in [0.05, 0.1) is 6.54 Å². The van der Waals surface area contributed by atoms with Gasteiger partial charge in [-0.25, -0.2) is 0 Å². The van der Waals surface area contributed by atoms with Crippen molar-refractivity contribution in [1.29, 1.82) is 0 Å². The minimum Gasteiger partial charge on any atom is -0.464 e.